The van der Waals surface area contributed by atoms with E-state index in [0.717, 1.165) is 17.7 Å². The Morgan fingerprint density at radius 2 is 1.80 bits per heavy atom. The van der Waals surface area contributed by atoms with E-state index >= 15 is 0 Å². The molecule has 0 aliphatic heterocycles. The van der Waals surface area contributed by atoms with Crippen LogP contribution in [-0.4, -0.2) is 7.11 Å². The molecule has 1 atom stereocenters. The van der Waals surface area contributed by atoms with Gasteiger partial charge in [0.15, 0.2) is 0 Å². The molecule has 2 N–H and O–H groups in total. The molecular weight excluding hydrogens is 328 g/mol. The molecule has 0 aliphatic rings. The molecule has 0 aromatic heterocycles. The topological polar surface area (TPSA) is 35.2 Å². The van der Waals surface area contributed by atoms with Crippen molar-refractivity contribution in [3.63, 3.8) is 0 Å². The SMILES string of the molecule is COc1ccc(C)cc1C(N)c1cc(F)c(Br)cc1F. The Hall–Kier alpha value is -1.46. The van der Waals surface area contributed by atoms with Crippen LogP contribution in [0.4, 0.5) is 8.78 Å². The summed E-state index contributed by atoms with van der Waals surface area (Å²) in [4.78, 5) is 0. The van der Waals surface area contributed by atoms with Crippen molar-refractivity contribution in [3.8, 4) is 5.75 Å². The lowest BCUT2D eigenvalue weighted by atomic mass is 9.96. The number of halogens is 3. The van der Waals surface area contributed by atoms with Crippen molar-refractivity contribution in [3.05, 3.63) is 63.1 Å². The van der Waals surface area contributed by atoms with Crippen LogP contribution in [0.3, 0.4) is 0 Å². The Labute approximate surface area is 124 Å². The van der Waals surface area contributed by atoms with Crippen LogP contribution in [0.1, 0.15) is 22.7 Å². The van der Waals surface area contributed by atoms with Gasteiger partial charge in [0.05, 0.1) is 17.6 Å². The largest absolute Gasteiger partial charge is 0.496 e. The Balaban J connectivity index is 2.54. The summed E-state index contributed by atoms with van der Waals surface area (Å²) in [6.07, 6.45) is 0. The van der Waals surface area contributed by atoms with Crippen molar-refractivity contribution in [2.24, 2.45) is 5.73 Å². The van der Waals surface area contributed by atoms with Crippen molar-refractivity contribution < 1.29 is 13.5 Å². The molecule has 2 nitrogen and oxygen atoms in total. The van der Waals surface area contributed by atoms with Crippen LogP contribution in [0.15, 0.2) is 34.8 Å². The zero-order valence-electron chi connectivity index (χ0n) is 11.1. The van der Waals surface area contributed by atoms with Gasteiger partial charge in [-0.1, -0.05) is 17.7 Å². The van der Waals surface area contributed by atoms with E-state index in [0.29, 0.717) is 11.3 Å². The minimum atomic E-state index is -0.799. The first-order valence-corrected chi connectivity index (χ1v) is 6.78. The molecule has 0 spiro atoms. The first kappa shape index (κ1) is 14.9. The molecular formula is C15H14BrF2NO. The summed E-state index contributed by atoms with van der Waals surface area (Å²) in [5.74, 6) is -0.566. The van der Waals surface area contributed by atoms with Crippen molar-refractivity contribution in [2.45, 2.75) is 13.0 Å². The van der Waals surface area contributed by atoms with Gasteiger partial charge < -0.3 is 10.5 Å². The van der Waals surface area contributed by atoms with Crippen LogP contribution >= 0.6 is 15.9 Å². The molecule has 2 rings (SSSR count). The first-order valence-electron chi connectivity index (χ1n) is 5.98. The van der Waals surface area contributed by atoms with Gasteiger partial charge >= 0.3 is 0 Å². The molecule has 0 aliphatic carbocycles. The van der Waals surface area contributed by atoms with Gasteiger partial charge in [0.25, 0.3) is 0 Å². The van der Waals surface area contributed by atoms with Crippen LogP contribution in [0, 0.1) is 18.6 Å². The van der Waals surface area contributed by atoms with Gasteiger partial charge in [0.2, 0.25) is 0 Å². The van der Waals surface area contributed by atoms with E-state index in [9.17, 15) is 8.78 Å². The third-order valence-corrected chi connectivity index (χ3v) is 3.70. The minimum absolute atomic E-state index is 0.0714. The average Bonchev–Trinajstić information content (AvgIpc) is 2.42. The van der Waals surface area contributed by atoms with E-state index in [1.54, 1.807) is 6.07 Å². The molecule has 2 aromatic carbocycles. The van der Waals surface area contributed by atoms with Crippen LogP contribution in [0.5, 0.6) is 5.75 Å². The van der Waals surface area contributed by atoms with Gasteiger partial charge in [-0.15, -0.1) is 0 Å². The zero-order valence-corrected chi connectivity index (χ0v) is 12.7. The zero-order chi connectivity index (χ0) is 14.9. The highest BCUT2D eigenvalue weighted by molar-refractivity contribution is 9.10. The highest BCUT2D eigenvalue weighted by Crippen LogP contribution is 2.32. The summed E-state index contributed by atoms with van der Waals surface area (Å²) < 4.78 is 32.9. The van der Waals surface area contributed by atoms with E-state index in [-0.39, 0.29) is 10.0 Å². The number of methoxy groups -OCH3 is 1. The molecule has 1 unspecified atom stereocenters. The molecule has 0 saturated heterocycles. The summed E-state index contributed by atoms with van der Waals surface area (Å²) in [5, 5.41) is 0. The summed E-state index contributed by atoms with van der Waals surface area (Å²) in [6.45, 7) is 1.90. The molecule has 0 fully saturated rings. The average molecular weight is 342 g/mol. The predicted octanol–water partition coefficient (Wildman–Crippen LogP) is 4.09. The molecule has 20 heavy (non-hydrogen) atoms. The van der Waals surface area contributed by atoms with Gasteiger partial charge in [-0.25, -0.2) is 8.78 Å². The number of benzene rings is 2. The number of ether oxygens (including phenoxy) is 1. The Kier molecular flexibility index (Phi) is 4.40. The van der Waals surface area contributed by atoms with Crippen molar-refractivity contribution in [1.82, 2.24) is 0 Å². The van der Waals surface area contributed by atoms with Crippen LogP contribution < -0.4 is 10.5 Å². The molecule has 5 heteroatoms. The fraction of sp³-hybridized carbons (Fsp3) is 0.200. The molecule has 0 radical (unpaired) electrons. The lowest BCUT2D eigenvalue weighted by molar-refractivity contribution is 0.407. The van der Waals surface area contributed by atoms with E-state index in [1.165, 1.54) is 7.11 Å². The van der Waals surface area contributed by atoms with Gasteiger partial charge in [0, 0.05) is 11.1 Å². The smallest absolute Gasteiger partial charge is 0.137 e. The predicted molar refractivity (Wildman–Crippen MR) is 77.8 cm³/mol. The van der Waals surface area contributed by atoms with E-state index in [1.807, 2.05) is 19.1 Å². The number of aryl methyl sites for hydroxylation is 1. The van der Waals surface area contributed by atoms with E-state index < -0.39 is 17.7 Å². The summed E-state index contributed by atoms with van der Waals surface area (Å²) in [7, 11) is 1.51. The quantitative estimate of drug-likeness (QED) is 0.853. The summed E-state index contributed by atoms with van der Waals surface area (Å²) >= 11 is 2.94. The minimum Gasteiger partial charge on any atom is -0.496 e. The van der Waals surface area contributed by atoms with Crippen molar-refractivity contribution in [2.75, 3.05) is 7.11 Å². The maximum atomic E-state index is 14.0. The Morgan fingerprint density at radius 3 is 2.45 bits per heavy atom. The van der Waals surface area contributed by atoms with Crippen molar-refractivity contribution >= 4 is 15.9 Å². The maximum Gasteiger partial charge on any atom is 0.137 e. The van der Waals surface area contributed by atoms with E-state index in [2.05, 4.69) is 15.9 Å². The second-order valence-corrected chi connectivity index (χ2v) is 5.37. The normalized spacial score (nSPS) is 12.3. The van der Waals surface area contributed by atoms with Crippen LogP contribution in [0.2, 0.25) is 0 Å². The standard InChI is InChI=1S/C15H14BrF2NO/c1-8-3-4-14(20-2)10(5-8)15(19)9-6-13(18)11(16)7-12(9)17/h3-7,15H,19H2,1-2H3. The fourth-order valence-electron chi connectivity index (χ4n) is 2.04. The highest BCUT2D eigenvalue weighted by Gasteiger charge is 2.19. The second-order valence-electron chi connectivity index (χ2n) is 4.51. The molecule has 106 valence electrons. The molecule has 0 heterocycles. The number of hydrogen-bond acceptors (Lipinski definition) is 2. The summed E-state index contributed by atoms with van der Waals surface area (Å²) in [6, 6.07) is 6.82. The lowest BCUT2D eigenvalue weighted by Gasteiger charge is -2.18. The second kappa shape index (κ2) is 5.89. The Bertz CT molecular complexity index is 646. The molecule has 0 saturated carbocycles. The van der Waals surface area contributed by atoms with Gasteiger partial charge in [0.1, 0.15) is 17.4 Å². The monoisotopic (exact) mass is 341 g/mol. The Morgan fingerprint density at radius 1 is 1.10 bits per heavy atom. The third kappa shape index (κ3) is 2.83. The lowest BCUT2D eigenvalue weighted by Crippen LogP contribution is -2.15. The number of nitrogens with two attached hydrogens (primary N) is 1. The molecule has 0 bridgehead atoms. The summed E-state index contributed by atoms with van der Waals surface area (Å²) in [5.41, 5.74) is 7.76. The van der Waals surface area contributed by atoms with Gasteiger partial charge in [-0.05, 0) is 41.1 Å². The molecule has 2 aromatic rings. The number of rotatable bonds is 3. The maximum absolute atomic E-state index is 14.0. The van der Waals surface area contributed by atoms with Crippen molar-refractivity contribution in [1.29, 1.82) is 0 Å². The first-order chi connectivity index (χ1) is 9.43. The van der Waals surface area contributed by atoms with Crippen LogP contribution in [0.25, 0.3) is 0 Å². The van der Waals surface area contributed by atoms with Gasteiger partial charge in [-0.3, -0.25) is 0 Å². The highest BCUT2D eigenvalue weighted by atomic mass is 79.9. The number of hydrogen-bond donors (Lipinski definition) is 1. The fourth-order valence-corrected chi connectivity index (χ4v) is 2.36. The van der Waals surface area contributed by atoms with Gasteiger partial charge in [-0.2, -0.15) is 0 Å². The molecule has 0 amide bonds. The third-order valence-electron chi connectivity index (χ3n) is 3.09. The van der Waals surface area contributed by atoms with Crippen LogP contribution in [-0.2, 0) is 0 Å². The van der Waals surface area contributed by atoms with E-state index in [4.69, 9.17) is 10.5 Å².